The van der Waals surface area contributed by atoms with Crippen molar-refractivity contribution in [1.29, 1.82) is 0 Å². The van der Waals surface area contributed by atoms with E-state index < -0.39 is 0 Å². The standard InChI is InChI=1S/C20H19ClN4OS/c21-17-5-1-4-16(11-17)19-23-18(14-27-19)20(26)25-9-7-24(8-10-25)13-15-3-2-6-22-12-15/h1-6,11-12,14H,7-10,13H2. The van der Waals surface area contributed by atoms with Gasteiger partial charge in [-0.05, 0) is 23.8 Å². The number of carbonyl (C=O) groups excluding carboxylic acids is 1. The van der Waals surface area contributed by atoms with Gasteiger partial charge in [0.15, 0.2) is 0 Å². The van der Waals surface area contributed by atoms with Crippen LogP contribution in [0.1, 0.15) is 16.1 Å². The Morgan fingerprint density at radius 2 is 2.00 bits per heavy atom. The van der Waals surface area contributed by atoms with Crippen LogP contribution in [0.4, 0.5) is 0 Å². The molecule has 1 amide bonds. The lowest BCUT2D eigenvalue weighted by molar-refractivity contribution is 0.0623. The van der Waals surface area contributed by atoms with Gasteiger partial charge in [0.25, 0.3) is 5.91 Å². The first-order valence-electron chi connectivity index (χ1n) is 8.81. The maximum Gasteiger partial charge on any atom is 0.273 e. The summed E-state index contributed by atoms with van der Waals surface area (Å²) in [5.74, 6) is 0.000515. The zero-order valence-electron chi connectivity index (χ0n) is 14.7. The van der Waals surface area contributed by atoms with Gasteiger partial charge in [0.2, 0.25) is 0 Å². The van der Waals surface area contributed by atoms with Crippen molar-refractivity contribution in [2.45, 2.75) is 6.54 Å². The Hall–Kier alpha value is -2.28. The zero-order chi connectivity index (χ0) is 18.6. The quantitative estimate of drug-likeness (QED) is 0.670. The Morgan fingerprint density at radius 1 is 1.15 bits per heavy atom. The molecule has 0 atom stereocenters. The van der Waals surface area contributed by atoms with E-state index in [-0.39, 0.29) is 5.91 Å². The SMILES string of the molecule is O=C(c1csc(-c2cccc(Cl)c2)n1)N1CCN(Cc2cccnc2)CC1. The van der Waals surface area contributed by atoms with Gasteiger partial charge in [0, 0.05) is 61.1 Å². The van der Waals surface area contributed by atoms with E-state index >= 15 is 0 Å². The van der Waals surface area contributed by atoms with Gasteiger partial charge in [-0.15, -0.1) is 11.3 Å². The summed E-state index contributed by atoms with van der Waals surface area (Å²) in [6, 6.07) is 11.6. The van der Waals surface area contributed by atoms with Crippen LogP contribution >= 0.6 is 22.9 Å². The van der Waals surface area contributed by atoms with Crippen LogP contribution in [0.3, 0.4) is 0 Å². The number of pyridine rings is 1. The molecule has 0 aliphatic carbocycles. The van der Waals surface area contributed by atoms with Crippen molar-refractivity contribution in [3.63, 3.8) is 0 Å². The predicted molar refractivity (Wildman–Crippen MR) is 108 cm³/mol. The molecule has 1 aliphatic rings. The molecule has 0 bridgehead atoms. The van der Waals surface area contributed by atoms with Gasteiger partial charge < -0.3 is 4.90 Å². The van der Waals surface area contributed by atoms with Gasteiger partial charge in [-0.25, -0.2) is 4.98 Å². The van der Waals surface area contributed by atoms with Gasteiger partial charge in [-0.1, -0.05) is 29.8 Å². The minimum absolute atomic E-state index is 0.000515. The summed E-state index contributed by atoms with van der Waals surface area (Å²) in [7, 11) is 0. The van der Waals surface area contributed by atoms with Crippen LogP contribution in [-0.2, 0) is 6.54 Å². The van der Waals surface area contributed by atoms with E-state index in [1.54, 1.807) is 6.20 Å². The van der Waals surface area contributed by atoms with E-state index in [4.69, 9.17) is 11.6 Å². The topological polar surface area (TPSA) is 49.3 Å². The molecule has 2 aromatic heterocycles. The molecule has 27 heavy (non-hydrogen) atoms. The number of benzene rings is 1. The molecular weight excluding hydrogens is 380 g/mol. The third kappa shape index (κ3) is 4.35. The lowest BCUT2D eigenvalue weighted by Gasteiger charge is -2.34. The molecule has 3 aromatic rings. The fourth-order valence-electron chi connectivity index (χ4n) is 3.15. The maximum absolute atomic E-state index is 12.8. The molecule has 1 aliphatic heterocycles. The summed E-state index contributed by atoms with van der Waals surface area (Å²) in [5, 5.41) is 3.32. The molecule has 0 saturated carbocycles. The van der Waals surface area contributed by atoms with Crippen molar-refractivity contribution >= 4 is 28.8 Å². The van der Waals surface area contributed by atoms with Crippen LogP contribution in [0.25, 0.3) is 10.6 Å². The molecule has 0 spiro atoms. The number of thiazole rings is 1. The van der Waals surface area contributed by atoms with E-state index in [1.165, 1.54) is 16.9 Å². The first-order chi connectivity index (χ1) is 13.2. The molecule has 138 valence electrons. The highest BCUT2D eigenvalue weighted by Gasteiger charge is 2.24. The number of amides is 1. The van der Waals surface area contributed by atoms with Crippen LogP contribution < -0.4 is 0 Å². The fraction of sp³-hybridized carbons (Fsp3) is 0.250. The summed E-state index contributed by atoms with van der Waals surface area (Å²) in [5.41, 5.74) is 2.64. The van der Waals surface area contributed by atoms with Crippen molar-refractivity contribution in [2.75, 3.05) is 26.2 Å². The number of nitrogens with zero attached hydrogens (tertiary/aromatic N) is 4. The van der Waals surface area contributed by atoms with Crippen molar-refractivity contribution in [1.82, 2.24) is 19.8 Å². The minimum Gasteiger partial charge on any atom is -0.335 e. The summed E-state index contributed by atoms with van der Waals surface area (Å²) >= 11 is 7.52. The van der Waals surface area contributed by atoms with E-state index in [0.717, 1.165) is 30.2 Å². The van der Waals surface area contributed by atoms with Crippen LogP contribution in [-0.4, -0.2) is 51.9 Å². The van der Waals surface area contributed by atoms with E-state index in [0.29, 0.717) is 23.8 Å². The van der Waals surface area contributed by atoms with Crippen LogP contribution in [0, 0.1) is 0 Å². The van der Waals surface area contributed by atoms with Gasteiger partial charge in [-0.2, -0.15) is 0 Å². The van der Waals surface area contributed by atoms with Crippen molar-refractivity contribution < 1.29 is 4.79 Å². The second-order valence-corrected chi connectivity index (χ2v) is 7.77. The Labute approximate surface area is 167 Å². The molecule has 1 aromatic carbocycles. The average molecular weight is 399 g/mol. The lowest BCUT2D eigenvalue weighted by atomic mass is 10.2. The van der Waals surface area contributed by atoms with E-state index in [9.17, 15) is 4.79 Å². The molecule has 1 saturated heterocycles. The second kappa shape index (κ2) is 8.17. The van der Waals surface area contributed by atoms with Crippen LogP contribution in [0.2, 0.25) is 5.02 Å². The fourth-order valence-corrected chi connectivity index (χ4v) is 4.13. The molecule has 4 rings (SSSR count). The van der Waals surface area contributed by atoms with Gasteiger partial charge >= 0.3 is 0 Å². The zero-order valence-corrected chi connectivity index (χ0v) is 16.3. The summed E-state index contributed by atoms with van der Waals surface area (Å²) in [6.07, 6.45) is 3.68. The Bertz CT molecular complexity index is 922. The highest BCUT2D eigenvalue weighted by molar-refractivity contribution is 7.13. The molecule has 5 nitrogen and oxygen atoms in total. The summed E-state index contributed by atoms with van der Waals surface area (Å²) in [6.45, 7) is 4.00. The highest BCUT2D eigenvalue weighted by atomic mass is 35.5. The molecule has 3 heterocycles. The Kier molecular flexibility index (Phi) is 5.48. The Morgan fingerprint density at radius 3 is 2.74 bits per heavy atom. The predicted octanol–water partition coefficient (Wildman–Crippen LogP) is 3.82. The average Bonchev–Trinajstić information content (AvgIpc) is 3.19. The Balaban J connectivity index is 1.37. The first kappa shape index (κ1) is 18.1. The van der Waals surface area contributed by atoms with Crippen molar-refractivity contribution in [2.24, 2.45) is 0 Å². The number of aromatic nitrogens is 2. The molecule has 1 fully saturated rings. The highest BCUT2D eigenvalue weighted by Crippen LogP contribution is 2.26. The number of rotatable bonds is 4. The maximum atomic E-state index is 12.8. The number of hydrogen-bond donors (Lipinski definition) is 0. The number of hydrogen-bond acceptors (Lipinski definition) is 5. The van der Waals surface area contributed by atoms with E-state index in [2.05, 4.69) is 20.9 Å². The third-order valence-corrected chi connectivity index (χ3v) is 5.71. The molecule has 0 radical (unpaired) electrons. The first-order valence-corrected chi connectivity index (χ1v) is 10.1. The monoisotopic (exact) mass is 398 g/mol. The van der Waals surface area contributed by atoms with Crippen LogP contribution in [0.5, 0.6) is 0 Å². The molecule has 0 unspecified atom stereocenters. The minimum atomic E-state index is 0.000515. The lowest BCUT2D eigenvalue weighted by Crippen LogP contribution is -2.48. The summed E-state index contributed by atoms with van der Waals surface area (Å²) in [4.78, 5) is 25.7. The third-order valence-electron chi connectivity index (χ3n) is 4.58. The largest absolute Gasteiger partial charge is 0.335 e. The van der Waals surface area contributed by atoms with E-state index in [1.807, 2.05) is 46.8 Å². The van der Waals surface area contributed by atoms with Gasteiger partial charge in [-0.3, -0.25) is 14.7 Å². The normalized spacial score (nSPS) is 15.1. The number of piperazine rings is 1. The van der Waals surface area contributed by atoms with Crippen molar-refractivity contribution in [3.8, 4) is 10.6 Å². The smallest absolute Gasteiger partial charge is 0.273 e. The van der Waals surface area contributed by atoms with Gasteiger partial charge in [0.05, 0.1) is 0 Å². The summed E-state index contributed by atoms with van der Waals surface area (Å²) < 4.78 is 0. The molecule has 7 heteroatoms. The molecule has 0 N–H and O–H groups in total. The van der Waals surface area contributed by atoms with Crippen molar-refractivity contribution in [3.05, 3.63) is 70.5 Å². The molecular formula is C20H19ClN4OS. The second-order valence-electron chi connectivity index (χ2n) is 6.48. The van der Waals surface area contributed by atoms with Crippen LogP contribution in [0.15, 0.2) is 54.2 Å². The van der Waals surface area contributed by atoms with Gasteiger partial charge in [0.1, 0.15) is 10.7 Å². The number of carbonyl (C=O) groups is 1. The number of halogens is 1.